The van der Waals surface area contributed by atoms with E-state index in [9.17, 15) is 0 Å². The van der Waals surface area contributed by atoms with Crippen molar-refractivity contribution in [3.63, 3.8) is 0 Å². The van der Waals surface area contributed by atoms with Crippen molar-refractivity contribution in [3.8, 4) is 0 Å². The Balaban J connectivity index is 2.60. The highest BCUT2D eigenvalue weighted by atomic mass is 35.5. The molecule has 0 radical (unpaired) electrons. The highest BCUT2D eigenvalue weighted by Crippen LogP contribution is 1.93. The van der Waals surface area contributed by atoms with Gasteiger partial charge in [-0.2, -0.15) is 0 Å². The van der Waals surface area contributed by atoms with E-state index >= 15 is 0 Å². The molecule has 0 aromatic rings. The molecule has 0 N–H and O–H groups in total. The molecule has 0 saturated carbocycles. The Kier molecular flexibility index (Phi) is 8.91. The number of unbranched alkanes of at least 4 members (excludes halogenated alkanes) is 1. The standard InChI is InChI=1S/C6H15ClOSi/c1-2-3-6-9-8-5-4-7/h2-6,9H2,1H3. The maximum Gasteiger partial charge on any atom is 0.161 e. The van der Waals surface area contributed by atoms with E-state index in [-0.39, 0.29) is 9.76 Å². The molecule has 0 aromatic carbocycles. The minimum atomic E-state index is -0.195. The van der Waals surface area contributed by atoms with Gasteiger partial charge in [0, 0.05) is 12.5 Å². The minimum Gasteiger partial charge on any atom is -0.423 e. The highest BCUT2D eigenvalue weighted by Gasteiger charge is 1.86. The number of hydrogen-bond acceptors (Lipinski definition) is 1. The first-order valence-corrected chi connectivity index (χ1v) is 5.66. The van der Waals surface area contributed by atoms with Crippen LogP contribution in [0.1, 0.15) is 19.8 Å². The second-order valence-electron chi connectivity index (χ2n) is 2.01. The van der Waals surface area contributed by atoms with E-state index in [1.165, 1.54) is 18.9 Å². The summed E-state index contributed by atoms with van der Waals surface area (Å²) < 4.78 is 5.29. The van der Waals surface area contributed by atoms with Gasteiger partial charge in [0.2, 0.25) is 0 Å². The van der Waals surface area contributed by atoms with Crippen LogP contribution in [0, 0.1) is 0 Å². The zero-order chi connectivity index (χ0) is 6.95. The van der Waals surface area contributed by atoms with Crippen molar-refractivity contribution in [3.05, 3.63) is 0 Å². The average Bonchev–Trinajstić information content (AvgIpc) is 1.89. The van der Waals surface area contributed by atoms with Crippen molar-refractivity contribution in [2.45, 2.75) is 25.8 Å². The second kappa shape index (κ2) is 8.47. The number of halogens is 1. The van der Waals surface area contributed by atoms with E-state index in [0.29, 0.717) is 5.88 Å². The molecule has 0 aromatic heterocycles. The third-order valence-corrected chi connectivity index (χ3v) is 2.63. The van der Waals surface area contributed by atoms with Crippen molar-refractivity contribution in [1.82, 2.24) is 0 Å². The van der Waals surface area contributed by atoms with E-state index in [1.807, 2.05) is 0 Å². The summed E-state index contributed by atoms with van der Waals surface area (Å²) in [5.41, 5.74) is 0. The Morgan fingerprint density at radius 1 is 1.56 bits per heavy atom. The van der Waals surface area contributed by atoms with Crippen molar-refractivity contribution in [2.24, 2.45) is 0 Å². The van der Waals surface area contributed by atoms with Gasteiger partial charge in [0.05, 0.1) is 0 Å². The first-order valence-electron chi connectivity index (χ1n) is 3.55. The zero-order valence-electron chi connectivity index (χ0n) is 6.03. The molecule has 0 heterocycles. The van der Waals surface area contributed by atoms with Crippen LogP contribution in [0.25, 0.3) is 0 Å². The molecule has 0 aliphatic heterocycles. The smallest absolute Gasteiger partial charge is 0.161 e. The molecule has 9 heavy (non-hydrogen) atoms. The van der Waals surface area contributed by atoms with Crippen LogP contribution < -0.4 is 0 Å². The Bertz CT molecular complexity index is 46.3. The number of hydrogen-bond donors (Lipinski definition) is 0. The fourth-order valence-electron chi connectivity index (χ4n) is 0.611. The topological polar surface area (TPSA) is 9.23 Å². The largest absolute Gasteiger partial charge is 0.423 e. The van der Waals surface area contributed by atoms with Crippen molar-refractivity contribution in [1.29, 1.82) is 0 Å². The summed E-state index contributed by atoms with van der Waals surface area (Å²) >= 11 is 5.41. The monoisotopic (exact) mass is 166 g/mol. The summed E-state index contributed by atoms with van der Waals surface area (Å²) in [4.78, 5) is 0. The summed E-state index contributed by atoms with van der Waals surface area (Å²) in [6.07, 6.45) is 2.62. The highest BCUT2D eigenvalue weighted by molar-refractivity contribution is 6.27. The van der Waals surface area contributed by atoms with Gasteiger partial charge >= 0.3 is 0 Å². The van der Waals surface area contributed by atoms with Crippen LogP contribution in [-0.4, -0.2) is 22.3 Å². The van der Waals surface area contributed by atoms with Crippen LogP contribution >= 0.6 is 11.6 Å². The Morgan fingerprint density at radius 2 is 2.33 bits per heavy atom. The molecule has 0 amide bonds. The van der Waals surface area contributed by atoms with E-state index in [4.69, 9.17) is 16.0 Å². The fraction of sp³-hybridized carbons (Fsp3) is 1.00. The lowest BCUT2D eigenvalue weighted by atomic mass is 10.4. The van der Waals surface area contributed by atoms with Crippen LogP contribution in [-0.2, 0) is 4.43 Å². The second-order valence-corrected chi connectivity index (χ2v) is 3.91. The molecule has 1 nitrogen and oxygen atoms in total. The molecule has 0 aliphatic rings. The molecule has 0 rings (SSSR count). The van der Waals surface area contributed by atoms with Gasteiger partial charge < -0.3 is 4.43 Å². The normalized spacial score (nSPS) is 11.3. The molecule has 0 spiro atoms. The lowest BCUT2D eigenvalue weighted by Crippen LogP contribution is -2.00. The molecular formula is C6H15ClOSi. The summed E-state index contributed by atoms with van der Waals surface area (Å²) in [5, 5.41) is 0. The minimum absolute atomic E-state index is 0.195. The van der Waals surface area contributed by atoms with E-state index < -0.39 is 0 Å². The maximum atomic E-state index is 5.41. The molecule has 0 saturated heterocycles. The molecule has 0 aliphatic carbocycles. The number of rotatable bonds is 6. The Hall–Kier alpha value is 0.467. The maximum absolute atomic E-state index is 5.41. The molecule has 0 unspecified atom stereocenters. The molecule has 56 valence electrons. The average molecular weight is 167 g/mol. The van der Waals surface area contributed by atoms with Crippen LogP contribution in [0.15, 0.2) is 0 Å². The molecule has 0 fully saturated rings. The Morgan fingerprint density at radius 3 is 2.89 bits per heavy atom. The predicted molar refractivity (Wildman–Crippen MR) is 44.9 cm³/mol. The van der Waals surface area contributed by atoms with E-state index in [1.54, 1.807) is 0 Å². The van der Waals surface area contributed by atoms with E-state index in [2.05, 4.69) is 6.92 Å². The first kappa shape index (κ1) is 9.47. The molecule has 3 heteroatoms. The van der Waals surface area contributed by atoms with Crippen LogP contribution in [0.4, 0.5) is 0 Å². The lowest BCUT2D eigenvalue weighted by molar-refractivity contribution is 0.362. The van der Waals surface area contributed by atoms with Gasteiger partial charge in [-0.05, 0) is 6.04 Å². The fourth-order valence-corrected chi connectivity index (χ4v) is 2.16. The summed E-state index contributed by atoms with van der Waals surface area (Å²) in [7, 11) is -0.195. The van der Waals surface area contributed by atoms with Gasteiger partial charge in [-0.3, -0.25) is 0 Å². The van der Waals surface area contributed by atoms with Crippen molar-refractivity contribution < 1.29 is 4.43 Å². The van der Waals surface area contributed by atoms with Gasteiger partial charge in [0.15, 0.2) is 9.76 Å². The van der Waals surface area contributed by atoms with Crippen molar-refractivity contribution >= 4 is 21.4 Å². The van der Waals surface area contributed by atoms with Gasteiger partial charge in [-0.1, -0.05) is 19.8 Å². The third-order valence-electron chi connectivity index (χ3n) is 1.11. The van der Waals surface area contributed by atoms with Gasteiger partial charge in [0.25, 0.3) is 0 Å². The Labute approximate surface area is 64.7 Å². The van der Waals surface area contributed by atoms with E-state index in [0.717, 1.165) is 6.61 Å². The molecule has 0 bridgehead atoms. The third kappa shape index (κ3) is 8.47. The van der Waals surface area contributed by atoms with Crippen LogP contribution in [0.5, 0.6) is 0 Å². The van der Waals surface area contributed by atoms with Gasteiger partial charge in [-0.25, -0.2) is 0 Å². The van der Waals surface area contributed by atoms with Crippen molar-refractivity contribution in [2.75, 3.05) is 12.5 Å². The quantitative estimate of drug-likeness (QED) is 0.331. The van der Waals surface area contributed by atoms with Gasteiger partial charge in [-0.15, -0.1) is 11.6 Å². The first-order chi connectivity index (χ1) is 4.41. The number of alkyl halides is 1. The SMILES string of the molecule is CCCC[SiH2]OCCCl. The van der Waals surface area contributed by atoms with Crippen LogP contribution in [0.3, 0.4) is 0 Å². The van der Waals surface area contributed by atoms with Crippen LogP contribution in [0.2, 0.25) is 6.04 Å². The summed E-state index contributed by atoms with van der Waals surface area (Å²) in [6, 6.07) is 1.31. The van der Waals surface area contributed by atoms with Gasteiger partial charge in [0.1, 0.15) is 0 Å². The summed E-state index contributed by atoms with van der Waals surface area (Å²) in [5.74, 6) is 0.652. The summed E-state index contributed by atoms with van der Waals surface area (Å²) in [6.45, 7) is 2.97. The predicted octanol–water partition coefficient (Wildman–Crippen LogP) is 1.54. The molecule has 0 atom stereocenters. The lowest BCUT2D eigenvalue weighted by Gasteiger charge is -1.97. The molecular weight excluding hydrogens is 152 g/mol. The zero-order valence-corrected chi connectivity index (χ0v) is 8.20.